The zero-order valence-electron chi connectivity index (χ0n) is 5.79. The minimum absolute atomic E-state index is 0.0261. The highest BCUT2D eigenvalue weighted by Gasteiger charge is 2.33. The molecule has 3 N–H and O–H groups in total. The van der Waals surface area contributed by atoms with Crippen molar-refractivity contribution in [3.63, 3.8) is 0 Å². The predicted molar refractivity (Wildman–Crippen MR) is 35.4 cm³/mol. The number of aliphatic hydroxyl groups excluding tert-OH is 3. The number of rotatable bonds is 1. The van der Waals surface area contributed by atoms with Crippen molar-refractivity contribution in [3.8, 4) is 0 Å². The molecule has 0 amide bonds. The molecular weight excluding hydrogens is 152 g/mol. The summed E-state index contributed by atoms with van der Waals surface area (Å²) in [5.74, 6) is 0. The fourth-order valence-electron chi connectivity index (χ4n) is 1.05. The van der Waals surface area contributed by atoms with Gasteiger partial charge in [0.25, 0.3) is 0 Å². The van der Waals surface area contributed by atoms with Gasteiger partial charge in [0, 0.05) is 0 Å². The highest BCUT2D eigenvalue weighted by atomic mass is 16.4. The highest BCUT2D eigenvalue weighted by molar-refractivity contribution is 4.84. The molecule has 0 bridgehead atoms. The molecule has 11 heavy (non-hydrogen) atoms. The standard InChI is InChI=1S/C5H10N2O4/c8-3-1-7(6-11)2-4(9)5(3)10/h3-5,8-10H,1-2H2. The van der Waals surface area contributed by atoms with Crippen LogP contribution in [0.15, 0.2) is 5.29 Å². The molecule has 64 valence electrons. The van der Waals surface area contributed by atoms with Crippen LogP contribution < -0.4 is 0 Å². The first kappa shape index (κ1) is 8.38. The quantitative estimate of drug-likeness (QED) is 0.390. The lowest BCUT2D eigenvalue weighted by molar-refractivity contribution is -0.109. The Hall–Kier alpha value is -0.720. The summed E-state index contributed by atoms with van der Waals surface area (Å²) >= 11 is 0. The summed E-state index contributed by atoms with van der Waals surface area (Å²) in [6.45, 7) is -0.0521. The van der Waals surface area contributed by atoms with E-state index in [1.807, 2.05) is 0 Å². The minimum Gasteiger partial charge on any atom is -0.388 e. The third-order valence-electron chi connectivity index (χ3n) is 1.70. The molecule has 0 aromatic carbocycles. The summed E-state index contributed by atoms with van der Waals surface area (Å²) in [4.78, 5) is 9.93. The summed E-state index contributed by atoms with van der Waals surface area (Å²) in [6, 6.07) is 0. The molecule has 1 aliphatic rings. The SMILES string of the molecule is O=NN1CC(O)C(O)C(O)C1. The van der Waals surface area contributed by atoms with Crippen molar-refractivity contribution in [2.45, 2.75) is 18.3 Å². The van der Waals surface area contributed by atoms with Crippen LogP contribution >= 0.6 is 0 Å². The maximum Gasteiger partial charge on any atom is 0.109 e. The van der Waals surface area contributed by atoms with Crippen molar-refractivity contribution in [2.75, 3.05) is 13.1 Å². The van der Waals surface area contributed by atoms with Crippen LogP contribution in [0.1, 0.15) is 0 Å². The maximum absolute atomic E-state index is 9.93. The Morgan fingerprint density at radius 1 is 1.18 bits per heavy atom. The summed E-state index contributed by atoms with van der Waals surface area (Å²) in [5, 5.41) is 30.5. The number of piperidine rings is 1. The smallest absolute Gasteiger partial charge is 0.109 e. The lowest BCUT2D eigenvalue weighted by Gasteiger charge is -2.32. The van der Waals surface area contributed by atoms with Crippen LogP contribution in [-0.4, -0.2) is 51.7 Å². The zero-order valence-corrected chi connectivity index (χ0v) is 5.79. The molecular formula is C5H10N2O4. The van der Waals surface area contributed by atoms with Crippen LogP contribution in [0.2, 0.25) is 0 Å². The fraction of sp³-hybridized carbons (Fsp3) is 1.00. The van der Waals surface area contributed by atoms with Gasteiger partial charge in [0.15, 0.2) is 0 Å². The first-order valence-electron chi connectivity index (χ1n) is 3.27. The molecule has 0 saturated carbocycles. The summed E-state index contributed by atoms with van der Waals surface area (Å²) in [5.41, 5.74) is 0. The van der Waals surface area contributed by atoms with Crippen LogP contribution in [0.3, 0.4) is 0 Å². The Labute approximate surface area is 63.0 Å². The zero-order chi connectivity index (χ0) is 8.43. The van der Waals surface area contributed by atoms with Gasteiger partial charge in [-0.2, -0.15) is 0 Å². The summed E-state index contributed by atoms with van der Waals surface area (Å²) in [6.07, 6.45) is -3.37. The second kappa shape index (κ2) is 3.12. The predicted octanol–water partition coefficient (Wildman–Crippen LogP) is -1.93. The van der Waals surface area contributed by atoms with E-state index in [2.05, 4.69) is 5.29 Å². The number of hydrogen-bond donors (Lipinski definition) is 3. The van der Waals surface area contributed by atoms with Gasteiger partial charge in [-0.05, 0) is 0 Å². The van der Waals surface area contributed by atoms with Gasteiger partial charge in [-0.1, -0.05) is 0 Å². The molecule has 1 rings (SSSR count). The van der Waals surface area contributed by atoms with E-state index in [0.29, 0.717) is 0 Å². The first-order valence-corrected chi connectivity index (χ1v) is 3.27. The second-order valence-corrected chi connectivity index (χ2v) is 2.58. The van der Waals surface area contributed by atoms with E-state index in [0.717, 1.165) is 5.01 Å². The van der Waals surface area contributed by atoms with E-state index in [1.165, 1.54) is 0 Å². The molecule has 0 radical (unpaired) electrons. The first-order chi connectivity index (χ1) is 5.15. The van der Waals surface area contributed by atoms with Crippen molar-refractivity contribution < 1.29 is 15.3 Å². The molecule has 6 heteroatoms. The third-order valence-corrected chi connectivity index (χ3v) is 1.70. The summed E-state index contributed by atoms with van der Waals surface area (Å²) in [7, 11) is 0. The number of hydrogen-bond acceptors (Lipinski definition) is 5. The van der Waals surface area contributed by atoms with Crippen LogP contribution in [0.4, 0.5) is 0 Å². The lowest BCUT2D eigenvalue weighted by atomic mass is 10.0. The Bertz CT molecular complexity index is 141. The van der Waals surface area contributed by atoms with E-state index in [1.54, 1.807) is 0 Å². The molecule has 1 fully saturated rings. The van der Waals surface area contributed by atoms with Gasteiger partial charge in [0.2, 0.25) is 0 Å². The fourth-order valence-corrected chi connectivity index (χ4v) is 1.05. The van der Waals surface area contributed by atoms with Gasteiger partial charge in [-0.25, -0.2) is 0 Å². The van der Waals surface area contributed by atoms with Crippen LogP contribution in [0, 0.1) is 4.91 Å². The Morgan fingerprint density at radius 3 is 2.00 bits per heavy atom. The second-order valence-electron chi connectivity index (χ2n) is 2.58. The van der Waals surface area contributed by atoms with E-state index in [4.69, 9.17) is 15.3 Å². The lowest BCUT2D eigenvalue weighted by Crippen LogP contribution is -2.53. The molecule has 6 nitrogen and oxygen atoms in total. The maximum atomic E-state index is 9.93. The minimum atomic E-state index is -1.17. The monoisotopic (exact) mass is 162 g/mol. The highest BCUT2D eigenvalue weighted by Crippen LogP contribution is 2.11. The molecule has 2 unspecified atom stereocenters. The van der Waals surface area contributed by atoms with Gasteiger partial charge in [-0.15, -0.1) is 4.91 Å². The number of nitrogens with zero attached hydrogens (tertiary/aromatic N) is 2. The van der Waals surface area contributed by atoms with E-state index in [9.17, 15) is 4.91 Å². The van der Waals surface area contributed by atoms with E-state index >= 15 is 0 Å². The molecule has 2 atom stereocenters. The van der Waals surface area contributed by atoms with Gasteiger partial charge in [-0.3, -0.25) is 5.01 Å². The van der Waals surface area contributed by atoms with Crippen molar-refractivity contribution in [2.24, 2.45) is 5.29 Å². The van der Waals surface area contributed by atoms with Crippen LogP contribution in [-0.2, 0) is 0 Å². The van der Waals surface area contributed by atoms with E-state index < -0.39 is 18.3 Å². The van der Waals surface area contributed by atoms with Gasteiger partial charge < -0.3 is 15.3 Å². The largest absolute Gasteiger partial charge is 0.388 e. The topological polar surface area (TPSA) is 93.4 Å². The summed E-state index contributed by atoms with van der Waals surface area (Å²) < 4.78 is 0. The van der Waals surface area contributed by atoms with Crippen molar-refractivity contribution in [1.82, 2.24) is 5.01 Å². The van der Waals surface area contributed by atoms with Gasteiger partial charge in [0.05, 0.1) is 18.4 Å². The Morgan fingerprint density at radius 2 is 1.64 bits per heavy atom. The molecule has 1 heterocycles. The third kappa shape index (κ3) is 1.65. The van der Waals surface area contributed by atoms with Gasteiger partial charge in [0.1, 0.15) is 18.3 Å². The molecule has 0 aromatic heterocycles. The van der Waals surface area contributed by atoms with E-state index in [-0.39, 0.29) is 13.1 Å². The number of nitroso groups, excluding NO2 is 1. The Balaban J connectivity index is 2.54. The average molecular weight is 162 g/mol. The number of aliphatic hydroxyl groups is 3. The van der Waals surface area contributed by atoms with Crippen LogP contribution in [0.25, 0.3) is 0 Å². The molecule has 0 aliphatic carbocycles. The van der Waals surface area contributed by atoms with Crippen molar-refractivity contribution >= 4 is 0 Å². The Kier molecular flexibility index (Phi) is 2.38. The van der Waals surface area contributed by atoms with Crippen LogP contribution in [0.5, 0.6) is 0 Å². The van der Waals surface area contributed by atoms with Crippen molar-refractivity contribution in [3.05, 3.63) is 4.91 Å². The number of β-amino-alcohol motifs (C(OH)–C–C–N with tert-alkyl or cyclic N) is 2. The molecule has 1 aliphatic heterocycles. The normalized spacial score (nSPS) is 38.8. The van der Waals surface area contributed by atoms with Gasteiger partial charge >= 0.3 is 0 Å². The van der Waals surface area contributed by atoms with Crippen molar-refractivity contribution in [1.29, 1.82) is 0 Å². The molecule has 0 spiro atoms. The molecule has 1 saturated heterocycles. The molecule has 0 aromatic rings. The average Bonchev–Trinajstić information content (AvgIpc) is 1.99.